The summed E-state index contributed by atoms with van der Waals surface area (Å²) >= 11 is 1.75. The lowest BCUT2D eigenvalue weighted by Gasteiger charge is -2.31. The van der Waals surface area contributed by atoms with Crippen molar-refractivity contribution < 1.29 is 0 Å². The van der Waals surface area contributed by atoms with Crippen LogP contribution in [0.5, 0.6) is 0 Å². The first-order chi connectivity index (χ1) is 13.1. The molecule has 156 valence electrons. The van der Waals surface area contributed by atoms with E-state index in [1.54, 1.807) is 17.8 Å². The lowest BCUT2D eigenvalue weighted by molar-refractivity contribution is 0.177. The quantitative estimate of drug-likeness (QED) is 0.245. The van der Waals surface area contributed by atoms with E-state index in [4.69, 9.17) is 0 Å². The van der Waals surface area contributed by atoms with E-state index in [1.807, 2.05) is 24.6 Å². The molecular formula is C23H38N4S. The van der Waals surface area contributed by atoms with Gasteiger partial charge in [0.1, 0.15) is 0 Å². The van der Waals surface area contributed by atoms with Crippen LogP contribution in [0.4, 0.5) is 0 Å². The van der Waals surface area contributed by atoms with Crippen molar-refractivity contribution in [3.63, 3.8) is 0 Å². The fourth-order valence-electron chi connectivity index (χ4n) is 2.02. The zero-order chi connectivity index (χ0) is 21.6. The van der Waals surface area contributed by atoms with Crippen molar-refractivity contribution in [1.82, 2.24) is 10.2 Å². The fraction of sp³-hybridized carbons (Fsp3) is 0.478. The van der Waals surface area contributed by atoms with Gasteiger partial charge in [0, 0.05) is 18.3 Å². The van der Waals surface area contributed by atoms with Gasteiger partial charge in [0.2, 0.25) is 0 Å². The van der Waals surface area contributed by atoms with Gasteiger partial charge in [0.15, 0.2) is 0 Å². The summed E-state index contributed by atoms with van der Waals surface area (Å²) in [4.78, 5) is 10.8. The molecule has 0 fully saturated rings. The van der Waals surface area contributed by atoms with E-state index in [0.717, 1.165) is 41.3 Å². The first kappa shape index (κ1) is 26.1. The van der Waals surface area contributed by atoms with E-state index in [2.05, 4.69) is 74.5 Å². The molecule has 0 aliphatic carbocycles. The highest BCUT2D eigenvalue weighted by atomic mass is 32.2. The molecule has 0 rings (SSSR count). The zero-order valence-electron chi connectivity index (χ0n) is 18.4. The van der Waals surface area contributed by atoms with Gasteiger partial charge in [0.05, 0.1) is 17.9 Å². The summed E-state index contributed by atoms with van der Waals surface area (Å²) in [6.45, 7) is 26.3. The van der Waals surface area contributed by atoms with E-state index >= 15 is 0 Å². The first-order valence-corrected chi connectivity index (χ1v) is 10.6. The Balaban J connectivity index is 4.23. The van der Waals surface area contributed by atoms with Crippen LogP contribution in [-0.4, -0.2) is 55.8 Å². The molecule has 0 radical (unpaired) electrons. The minimum absolute atomic E-state index is 0.211. The Morgan fingerprint density at radius 3 is 2.50 bits per heavy atom. The van der Waals surface area contributed by atoms with Crippen LogP contribution < -0.4 is 5.32 Å². The lowest BCUT2D eigenvalue weighted by Crippen LogP contribution is -2.38. The smallest absolute Gasteiger partial charge is 0.0910 e. The molecule has 0 spiro atoms. The van der Waals surface area contributed by atoms with Crippen molar-refractivity contribution in [2.75, 3.05) is 32.4 Å². The van der Waals surface area contributed by atoms with Crippen molar-refractivity contribution in [2.45, 2.75) is 39.7 Å². The maximum Gasteiger partial charge on any atom is 0.0910 e. The molecule has 0 saturated heterocycles. The predicted octanol–water partition coefficient (Wildman–Crippen LogP) is 5.24. The van der Waals surface area contributed by atoms with Crippen LogP contribution in [0.3, 0.4) is 0 Å². The van der Waals surface area contributed by atoms with E-state index in [9.17, 15) is 0 Å². The molecule has 0 amide bonds. The van der Waals surface area contributed by atoms with Gasteiger partial charge in [-0.25, -0.2) is 0 Å². The van der Waals surface area contributed by atoms with Gasteiger partial charge in [0.25, 0.3) is 0 Å². The number of hydrogen-bond donors (Lipinski definition) is 1. The first-order valence-electron chi connectivity index (χ1n) is 9.54. The fourth-order valence-corrected chi connectivity index (χ4v) is 2.81. The highest BCUT2D eigenvalue weighted by Crippen LogP contribution is 2.16. The standard InChI is InChI=1S/C23H38N4S/c1-10-19(2)16-20(3)17-25-12-13-26-21(4)22(24-8)18-28-15-11-14-27(9)23(5,6)7/h10,16-18,26H,1-2,4,8,11-15H2,3,5-7,9H3/b20-16-,22-18-,25-17-. The molecule has 0 aromatic heterocycles. The topological polar surface area (TPSA) is 40.0 Å². The number of aliphatic imine (C=N–C) groups is 2. The van der Waals surface area contributed by atoms with Crippen LogP contribution in [0.1, 0.15) is 34.1 Å². The van der Waals surface area contributed by atoms with Crippen LogP contribution in [0.15, 0.2) is 69.8 Å². The maximum atomic E-state index is 4.39. The Kier molecular flexibility index (Phi) is 13.3. The Morgan fingerprint density at radius 2 is 1.93 bits per heavy atom. The number of nitrogens with zero attached hydrogens (tertiary/aromatic N) is 3. The van der Waals surface area contributed by atoms with Gasteiger partial charge in [-0.1, -0.05) is 31.9 Å². The van der Waals surface area contributed by atoms with Crippen molar-refractivity contribution >= 4 is 24.7 Å². The molecule has 0 bridgehead atoms. The van der Waals surface area contributed by atoms with Crippen LogP contribution in [0.2, 0.25) is 0 Å². The number of rotatable bonds is 14. The van der Waals surface area contributed by atoms with Crippen molar-refractivity contribution in [2.24, 2.45) is 9.98 Å². The lowest BCUT2D eigenvalue weighted by atomic mass is 10.1. The molecule has 0 aliphatic rings. The minimum Gasteiger partial charge on any atom is -0.382 e. The summed E-state index contributed by atoms with van der Waals surface area (Å²) in [5, 5.41) is 5.28. The maximum absolute atomic E-state index is 4.39. The third-order valence-corrected chi connectivity index (χ3v) is 5.04. The van der Waals surface area contributed by atoms with E-state index in [-0.39, 0.29) is 5.54 Å². The second-order valence-corrected chi connectivity index (χ2v) is 8.56. The second kappa shape index (κ2) is 14.2. The normalized spacial score (nSPS) is 13.1. The second-order valence-electron chi connectivity index (χ2n) is 7.59. The van der Waals surface area contributed by atoms with Crippen molar-refractivity contribution in [3.8, 4) is 0 Å². The Labute approximate surface area is 177 Å². The van der Waals surface area contributed by atoms with Gasteiger partial charge < -0.3 is 10.2 Å². The average molecular weight is 403 g/mol. The largest absolute Gasteiger partial charge is 0.382 e. The van der Waals surface area contributed by atoms with Gasteiger partial charge in [-0.05, 0) is 76.7 Å². The summed E-state index contributed by atoms with van der Waals surface area (Å²) in [5.41, 5.74) is 3.70. The van der Waals surface area contributed by atoms with Gasteiger partial charge in [-0.15, -0.1) is 11.8 Å². The van der Waals surface area contributed by atoms with Crippen LogP contribution in [0.25, 0.3) is 0 Å². The predicted molar refractivity (Wildman–Crippen MR) is 131 cm³/mol. The molecule has 0 aromatic carbocycles. The van der Waals surface area contributed by atoms with Crippen molar-refractivity contribution in [1.29, 1.82) is 0 Å². The highest BCUT2D eigenvalue weighted by molar-refractivity contribution is 8.02. The molecule has 4 nitrogen and oxygen atoms in total. The van der Waals surface area contributed by atoms with Crippen LogP contribution in [0, 0.1) is 0 Å². The van der Waals surface area contributed by atoms with Gasteiger partial charge in [-0.2, -0.15) is 0 Å². The number of thioether (sulfide) groups is 1. The summed E-state index contributed by atoms with van der Waals surface area (Å²) < 4.78 is 0. The van der Waals surface area contributed by atoms with Crippen molar-refractivity contribution in [3.05, 3.63) is 59.8 Å². The molecule has 1 N–H and O–H groups in total. The van der Waals surface area contributed by atoms with Gasteiger partial charge in [-0.3, -0.25) is 9.98 Å². The molecule has 0 aromatic rings. The van der Waals surface area contributed by atoms with E-state index in [1.165, 1.54) is 0 Å². The van der Waals surface area contributed by atoms with E-state index in [0.29, 0.717) is 13.1 Å². The summed E-state index contributed by atoms with van der Waals surface area (Å²) in [5.74, 6) is 1.04. The van der Waals surface area contributed by atoms with Gasteiger partial charge >= 0.3 is 0 Å². The SMILES string of the molecule is C=CC(=C)/C=C(C)\C=N/CCNC(=C)/C(=C/SCCCN(C)C(C)(C)C)N=C. The Hall–Kier alpha value is -1.85. The minimum atomic E-state index is 0.211. The molecule has 0 saturated carbocycles. The summed E-state index contributed by atoms with van der Waals surface area (Å²) in [7, 11) is 2.17. The highest BCUT2D eigenvalue weighted by Gasteiger charge is 2.15. The number of allylic oxidation sites excluding steroid dienone is 4. The third kappa shape index (κ3) is 12.5. The molecular weight excluding hydrogens is 364 g/mol. The summed E-state index contributed by atoms with van der Waals surface area (Å²) in [6, 6.07) is 0. The zero-order valence-corrected chi connectivity index (χ0v) is 19.2. The van der Waals surface area contributed by atoms with Crippen LogP contribution >= 0.6 is 11.8 Å². The summed E-state index contributed by atoms with van der Waals surface area (Å²) in [6.07, 6.45) is 6.63. The number of hydrogen-bond acceptors (Lipinski definition) is 5. The molecule has 0 atom stereocenters. The Bertz CT molecular complexity index is 621. The molecule has 0 heterocycles. The third-order valence-electron chi connectivity index (χ3n) is 4.12. The molecule has 28 heavy (non-hydrogen) atoms. The Morgan fingerprint density at radius 1 is 1.25 bits per heavy atom. The monoisotopic (exact) mass is 402 g/mol. The van der Waals surface area contributed by atoms with Crippen LogP contribution in [-0.2, 0) is 0 Å². The van der Waals surface area contributed by atoms with E-state index < -0.39 is 0 Å². The molecule has 0 unspecified atom stereocenters. The molecule has 5 heteroatoms. The molecule has 0 aliphatic heterocycles. The average Bonchev–Trinajstić information content (AvgIpc) is 2.62. The number of nitrogens with one attached hydrogen (secondary N) is 1.